The van der Waals surface area contributed by atoms with Crippen molar-refractivity contribution in [3.8, 4) is 0 Å². The van der Waals surface area contributed by atoms with Crippen molar-refractivity contribution in [1.29, 1.82) is 0 Å². The molecule has 0 bridgehead atoms. The molecule has 1 aliphatic heterocycles. The van der Waals surface area contributed by atoms with Gasteiger partial charge in [-0.2, -0.15) is 0 Å². The van der Waals surface area contributed by atoms with E-state index in [1.165, 1.54) is 12.1 Å². The molecule has 0 aliphatic carbocycles. The lowest BCUT2D eigenvalue weighted by Gasteiger charge is -2.17. The third-order valence-corrected chi connectivity index (χ3v) is 4.05. The molecule has 4 nitrogen and oxygen atoms in total. The van der Waals surface area contributed by atoms with Crippen molar-refractivity contribution in [2.45, 2.75) is 25.4 Å². The van der Waals surface area contributed by atoms with Gasteiger partial charge in [-0.3, -0.25) is 9.59 Å². The smallest absolute Gasteiger partial charge is 0.225 e. The van der Waals surface area contributed by atoms with Crippen LogP contribution >= 0.6 is 0 Å². The van der Waals surface area contributed by atoms with Gasteiger partial charge in [0.05, 0.1) is 12.5 Å². The number of nitrogens with zero attached hydrogens (tertiary/aromatic N) is 1. The summed E-state index contributed by atoms with van der Waals surface area (Å²) >= 11 is 0. The summed E-state index contributed by atoms with van der Waals surface area (Å²) < 4.78 is 13.2. The molecule has 2 aromatic rings. The highest BCUT2D eigenvalue weighted by molar-refractivity contribution is 5.83. The van der Waals surface area contributed by atoms with E-state index in [9.17, 15) is 14.0 Å². The normalized spacial score (nSPS) is 17.1. The zero-order chi connectivity index (χ0) is 16.9. The van der Waals surface area contributed by atoms with Crippen molar-refractivity contribution in [2.75, 3.05) is 6.54 Å². The Bertz CT molecular complexity index is 733. The monoisotopic (exact) mass is 326 g/mol. The van der Waals surface area contributed by atoms with Crippen LogP contribution in [0.25, 0.3) is 0 Å². The van der Waals surface area contributed by atoms with Gasteiger partial charge in [0.2, 0.25) is 11.8 Å². The number of likely N-dealkylation sites (tertiary alicyclic amines) is 1. The van der Waals surface area contributed by atoms with Gasteiger partial charge in [-0.15, -0.1) is 0 Å². The second-order valence-corrected chi connectivity index (χ2v) is 6.04. The largest absolute Gasteiger partial charge is 0.351 e. The summed E-state index contributed by atoms with van der Waals surface area (Å²) in [6.45, 7) is 0.817. The Hall–Kier alpha value is -2.69. The minimum Gasteiger partial charge on any atom is -0.351 e. The summed E-state index contributed by atoms with van der Waals surface area (Å²) in [6.07, 6.45) is 0.589. The van der Waals surface area contributed by atoms with Crippen LogP contribution in [0.1, 0.15) is 17.5 Å². The maximum Gasteiger partial charge on any atom is 0.225 e. The third-order valence-electron chi connectivity index (χ3n) is 4.05. The topological polar surface area (TPSA) is 49.4 Å². The highest BCUT2D eigenvalue weighted by Gasteiger charge is 2.30. The molecule has 5 heteroatoms. The highest BCUT2D eigenvalue weighted by Crippen LogP contribution is 2.16. The van der Waals surface area contributed by atoms with Gasteiger partial charge in [0.1, 0.15) is 5.82 Å². The number of carbonyl (C=O) groups is 2. The van der Waals surface area contributed by atoms with Crippen molar-refractivity contribution >= 4 is 11.8 Å². The van der Waals surface area contributed by atoms with Crippen LogP contribution in [0.15, 0.2) is 54.6 Å². The molecule has 2 amide bonds. The number of benzene rings is 2. The average molecular weight is 326 g/mol. The van der Waals surface area contributed by atoms with Gasteiger partial charge >= 0.3 is 0 Å². The van der Waals surface area contributed by atoms with Crippen LogP contribution in [-0.4, -0.2) is 29.3 Å². The molecule has 24 heavy (non-hydrogen) atoms. The molecule has 0 saturated carbocycles. The first-order valence-corrected chi connectivity index (χ1v) is 7.95. The predicted molar refractivity (Wildman–Crippen MR) is 88.5 cm³/mol. The predicted octanol–water partition coefficient (Wildman–Crippen LogP) is 2.29. The van der Waals surface area contributed by atoms with Crippen molar-refractivity contribution in [3.63, 3.8) is 0 Å². The molecule has 1 saturated heterocycles. The maximum absolute atomic E-state index is 13.2. The Morgan fingerprint density at radius 2 is 1.88 bits per heavy atom. The maximum atomic E-state index is 13.2. The number of halogens is 1. The first-order valence-electron chi connectivity index (χ1n) is 7.95. The standard InChI is InChI=1S/C19H19FN2O2/c20-16-8-4-7-15(9-16)12-22-13-17(11-19(22)24)21-18(23)10-14-5-2-1-3-6-14/h1-9,17H,10-13H2,(H,21,23)/t17-/m0/s1. The van der Waals surface area contributed by atoms with Gasteiger partial charge in [-0.1, -0.05) is 42.5 Å². The summed E-state index contributed by atoms with van der Waals surface area (Å²) in [5.41, 5.74) is 1.69. The average Bonchev–Trinajstić information content (AvgIpc) is 2.87. The summed E-state index contributed by atoms with van der Waals surface area (Å²) in [6, 6.07) is 15.5. The van der Waals surface area contributed by atoms with E-state index in [1.807, 2.05) is 30.3 Å². The van der Waals surface area contributed by atoms with Gasteiger partial charge in [0.15, 0.2) is 0 Å². The molecule has 124 valence electrons. The fourth-order valence-electron chi connectivity index (χ4n) is 2.94. The molecule has 0 radical (unpaired) electrons. The summed E-state index contributed by atoms with van der Waals surface area (Å²) in [5.74, 6) is -0.428. The molecule has 2 aromatic carbocycles. The zero-order valence-electron chi connectivity index (χ0n) is 13.2. The van der Waals surface area contributed by atoms with Crippen molar-refractivity contribution < 1.29 is 14.0 Å². The first kappa shape index (κ1) is 16.2. The third kappa shape index (κ3) is 4.19. The van der Waals surface area contributed by atoms with Crippen molar-refractivity contribution in [1.82, 2.24) is 10.2 Å². The van der Waals surface area contributed by atoms with E-state index < -0.39 is 0 Å². The Morgan fingerprint density at radius 1 is 1.12 bits per heavy atom. The Morgan fingerprint density at radius 3 is 2.62 bits per heavy atom. The molecule has 1 N–H and O–H groups in total. The molecule has 0 spiro atoms. The van der Waals surface area contributed by atoms with Crippen LogP contribution in [0.2, 0.25) is 0 Å². The number of nitrogens with one attached hydrogen (secondary N) is 1. The Labute approximate surface area is 140 Å². The van der Waals surface area contributed by atoms with Gasteiger partial charge < -0.3 is 10.2 Å². The minimum absolute atomic E-state index is 0.0238. The number of rotatable bonds is 5. The lowest BCUT2D eigenvalue weighted by Crippen LogP contribution is -2.37. The summed E-state index contributed by atoms with van der Waals surface area (Å²) in [7, 11) is 0. The first-order chi connectivity index (χ1) is 11.6. The summed E-state index contributed by atoms with van der Waals surface area (Å²) in [4.78, 5) is 25.8. The molecule has 3 rings (SSSR count). The second-order valence-electron chi connectivity index (χ2n) is 6.04. The van der Waals surface area contributed by atoms with E-state index in [1.54, 1.807) is 17.0 Å². The quantitative estimate of drug-likeness (QED) is 0.916. The molecular formula is C19H19FN2O2. The van der Waals surface area contributed by atoms with E-state index in [0.29, 0.717) is 19.5 Å². The fourth-order valence-corrected chi connectivity index (χ4v) is 2.94. The molecule has 0 aromatic heterocycles. The second kappa shape index (κ2) is 7.25. The molecule has 1 fully saturated rings. The molecule has 1 aliphatic rings. The van der Waals surface area contributed by atoms with Crippen LogP contribution < -0.4 is 5.32 Å². The lowest BCUT2D eigenvalue weighted by atomic mass is 10.1. The molecule has 1 heterocycles. The lowest BCUT2D eigenvalue weighted by molar-refractivity contribution is -0.128. The molecular weight excluding hydrogens is 307 g/mol. The van der Waals surface area contributed by atoms with Gasteiger partial charge in [-0.25, -0.2) is 4.39 Å². The highest BCUT2D eigenvalue weighted by atomic mass is 19.1. The number of hydrogen-bond acceptors (Lipinski definition) is 2. The zero-order valence-corrected chi connectivity index (χ0v) is 13.2. The van der Waals surface area contributed by atoms with Crippen molar-refractivity contribution in [2.24, 2.45) is 0 Å². The minimum atomic E-state index is -0.313. The van der Waals surface area contributed by atoms with Crippen LogP contribution in [0.5, 0.6) is 0 Å². The van der Waals surface area contributed by atoms with Crippen LogP contribution in [-0.2, 0) is 22.6 Å². The fraction of sp³-hybridized carbons (Fsp3) is 0.263. The van der Waals surface area contributed by atoms with Gasteiger partial charge in [-0.05, 0) is 23.3 Å². The Kier molecular flexibility index (Phi) is 4.89. The van der Waals surface area contributed by atoms with E-state index in [-0.39, 0.29) is 30.1 Å². The van der Waals surface area contributed by atoms with E-state index in [0.717, 1.165) is 11.1 Å². The van der Waals surface area contributed by atoms with E-state index in [2.05, 4.69) is 5.32 Å². The van der Waals surface area contributed by atoms with Gasteiger partial charge in [0.25, 0.3) is 0 Å². The van der Waals surface area contributed by atoms with Crippen molar-refractivity contribution in [3.05, 3.63) is 71.5 Å². The SMILES string of the molecule is O=C(Cc1ccccc1)N[C@H]1CC(=O)N(Cc2cccc(F)c2)C1. The molecule has 1 atom stereocenters. The van der Waals surface area contributed by atoms with Gasteiger partial charge in [0, 0.05) is 19.5 Å². The number of carbonyl (C=O) groups excluding carboxylic acids is 2. The molecule has 0 unspecified atom stereocenters. The van der Waals surface area contributed by atoms with E-state index >= 15 is 0 Å². The summed E-state index contributed by atoms with van der Waals surface area (Å²) in [5, 5.41) is 2.91. The number of amides is 2. The van der Waals surface area contributed by atoms with E-state index in [4.69, 9.17) is 0 Å². The number of hydrogen-bond donors (Lipinski definition) is 1. The van der Waals surface area contributed by atoms with Crippen LogP contribution in [0.4, 0.5) is 4.39 Å². The van der Waals surface area contributed by atoms with Crippen LogP contribution in [0.3, 0.4) is 0 Å². The Balaban J connectivity index is 1.53. The van der Waals surface area contributed by atoms with Crippen LogP contribution in [0, 0.1) is 5.82 Å².